The van der Waals surface area contributed by atoms with Crippen molar-refractivity contribution in [1.29, 1.82) is 0 Å². The predicted molar refractivity (Wildman–Crippen MR) is 95.9 cm³/mol. The Kier molecular flexibility index (Phi) is 5.28. The number of rotatable bonds is 5. The maximum absolute atomic E-state index is 12.0. The van der Waals surface area contributed by atoms with E-state index in [2.05, 4.69) is 15.6 Å². The van der Waals surface area contributed by atoms with Gasteiger partial charge in [0.05, 0.1) is 12.2 Å². The Hall–Kier alpha value is -2.89. The number of nitrogens with zero attached hydrogens (tertiary/aromatic N) is 2. The standard InChI is InChI=1S/C19H22N4O2/c1-14-4-2-5-17(21-14)12-20-19(25)22-16-9-7-15(8-10-16)13-23-11-3-6-18(23)24/h2,4-5,7-10H,3,6,11-13H2,1H3,(H2,20,22,25). The van der Waals surface area contributed by atoms with Gasteiger partial charge in [0.25, 0.3) is 0 Å². The number of aromatic nitrogens is 1. The summed E-state index contributed by atoms with van der Waals surface area (Å²) in [4.78, 5) is 29.8. The minimum Gasteiger partial charge on any atom is -0.338 e. The van der Waals surface area contributed by atoms with E-state index < -0.39 is 0 Å². The van der Waals surface area contributed by atoms with Crippen LogP contribution in [0.2, 0.25) is 0 Å². The Morgan fingerprint density at radius 1 is 1.20 bits per heavy atom. The van der Waals surface area contributed by atoms with Gasteiger partial charge >= 0.3 is 6.03 Å². The van der Waals surface area contributed by atoms with E-state index in [1.54, 1.807) is 0 Å². The third kappa shape index (κ3) is 4.79. The fourth-order valence-corrected chi connectivity index (χ4v) is 2.83. The molecule has 130 valence electrons. The van der Waals surface area contributed by atoms with Crippen LogP contribution in [0.5, 0.6) is 0 Å². The van der Waals surface area contributed by atoms with Crippen molar-refractivity contribution in [3.8, 4) is 0 Å². The number of carbonyl (C=O) groups excluding carboxylic acids is 2. The smallest absolute Gasteiger partial charge is 0.319 e. The molecule has 1 saturated heterocycles. The number of nitrogens with one attached hydrogen (secondary N) is 2. The molecule has 0 saturated carbocycles. The van der Waals surface area contributed by atoms with Crippen LogP contribution in [-0.4, -0.2) is 28.4 Å². The Bertz CT molecular complexity index is 758. The molecule has 2 N–H and O–H groups in total. The molecular formula is C19H22N4O2. The van der Waals surface area contributed by atoms with Gasteiger partial charge in [0.15, 0.2) is 0 Å². The summed E-state index contributed by atoms with van der Waals surface area (Å²) in [5.41, 5.74) is 3.52. The van der Waals surface area contributed by atoms with Crippen LogP contribution >= 0.6 is 0 Å². The third-order valence-electron chi connectivity index (χ3n) is 4.13. The van der Waals surface area contributed by atoms with E-state index in [9.17, 15) is 9.59 Å². The first-order valence-electron chi connectivity index (χ1n) is 8.44. The highest BCUT2D eigenvalue weighted by Crippen LogP contribution is 2.16. The molecule has 6 heteroatoms. The highest BCUT2D eigenvalue weighted by atomic mass is 16.2. The molecule has 3 amide bonds. The molecular weight excluding hydrogens is 316 g/mol. The third-order valence-corrected chi connectivity index (χ3v) is 4.13. The molecule has 3 rings (SSSR count). The number of carbonyl (C=O) groups is 2. The molecule has 2 heterocycles. The van der Waals surface area contributed by atoms with Crippen molar-refractivity contribution in [2.24, 2.45) is 0 Å². The fraction of sp³-hybridized carbons (Fsp3) is 0.316. The number of aryl methyl sites for hydroxylation is 1. The van der Waals surface area contributed by atoms with Crippen LogP contribution < -0.4 is 10.6 Å². The highest BCUT2D eigenvalue weighted by Gasteiger charge is 2.19. The lowest BCUT2D eigenvalue weighted by atomic mass is 10.2. The first kappa shape index (κ1) is 17.0. The quantitative estimate of drug-likeness (QED) is 0.880. The maximum Gasteiger partial charge on any atom is 0.319 e. The number of hydrogen-bond donors (Lipinski definition) is 2. The minimum atomic E-state index is -0.272. The van der Waals surface area contributed by atoms with Gasteiger partial charge in [-0.2, -0.15) is 0 Å². The monoisotopic (exact) mass is 338 g/mol. The zero-order valence-electron chi connectivity index (χ0n) is 14.3. The summed E-state index contributed by atoms with van der Waals surface area (Å²) < 4.78 is 0. The van der Waals surface area contributed by atoms with Crippen LogP contribution in [0.1, 0.15) is 29.8 Å². The van der Waals surface area contributed by atoms with E-state index in [1.165, 1.54) is 0 Å². The first-order chi connectivity index (χ1) is 12.1. The van der Waals surface area contributed by atoms with Gasteiger partial charge in [0, 0.05) is 30.9 Å². The second-order valence-electron chi connectivity index (χ2n) is 6.19. The van der Waals surface area contributed by atoms with Crippen molar-refractivity contribution in [1.82, 2.24) is 15.2 Å². The van der Waals surface area contributed by atoms with E-state index in [0.29, 0.717) is 25.2 Å². The summed E-state index contributed by atoms with van der Waals surface area (Å²) >= 11 is 0. The Labute approximate surface area is 147 Å². The average molecular weight is 338 g/mol. The molecule has 0 unspecified atom stereocenters. The largest absolute Gasteiger partial charge is 0.338 e. The first-order valence-corrected chi connectivity index (χ1v) is 8.44. The van der Waals surface area contributed by atoms with Gasteiger partial charge in [-0.05, 0) is 43.2 Å². The van der Waals surface area contributed by atoms with E-state index in [4.69, 9.17) is 0 Å². The number of pyridine rings is 1. The predicted octanol–water partition coefficient (Wildman–Crippen LogP) is 2.83. The number of amides is 3. The molecule has 1 aliphatic rings. The number of likely N-dealkylation sites (tertiary alicyclic amines) is 1. The number of hydrogen-bond acceptors (Lipinski definition) is 3. The van der Waals surface area contributed by atoms with Crippen molar-refractivity contribution < 1.29 is 9.59 Å². The molecule has 0 spiro atoms. The summed E-state index contributed by atoms with van der Waals surface area (Å²) in [5.74, 6) is 0.214. The van der Waals surface area contributed by atoms with Crippen LogP contribution in [0.3, 0.4) is 0 Å². The van der Waals surface area contributed by atoms with Crippen LogP contribution in [0.15, 0.2) is 42.5 Å². The molecule has 2 aromatic rings. The van der Waals surface area contributed by atoms with Crippen molar-refractivity contribution in [2.45, 2.75) is 32.9 Å². The molecule has 25 heavy (non-hydrogen) atoms. The molecule has 0 atom stereocenters. The van der Waals surface area contributed by atoms with Gasteiger partial charge in [-0.15, -0.1) is 0 Å². The Morgan fingerprint density at radius 3 is 2.68 bits per heavy atom. The van der Waals surface area contributed by atoms with Crippen LogP contribution in [0.25, 0.3) is 0 Å². The molecule has 1 aromatic heterocycles. The lowest BCUT2D eigenvalue weighted by molar-refractivity contribution is -0.128. The number of benzene rings is 1. The van der Waals surface area contributed by atoms with Gasteiger partial charge in [0.1, 0.15) is 0 Å². The van der Waals surface area contributed by atoms with Crippen molar-refractivity contribution in [3.05, 3.63) is 59.4 Å². The molecule has 1 aromatic carbocycles. The van der Waals surface area contributed by atoms with Crippen LogP contribution in [0, 0.1) is 6.92 Å². The van der Waals surface area contributed by atoms with E-state index in [0.717, 1.165) is 29.9 Å². The minimum absolute atomic E-state index is 0.214. The SMILES string of the molecule is Cc1cccc(CNC(=O)Nc2ccc(CN3CCCC3=O)cc2)n1. The average Bonchev–Trinajstić information content (AvgIpc) is 3.00. The Balaban J connectivity index is 1.49. The van der Waals surface area contributed by atoms with Crippen LogP contribution in [-0.2, 0) is 17.9 Å². The van der Waals surface area contributed by atoms with E-state index in [-0.39, 0.29) is 11.9 Å². The van der Waals surface area contributed by atoms with Gasteiger partial charge in [0.2, 0.25) is 5.91 Å². The fourth-order valence-electron chi connectivity index (χ4n) is 2.83. The molecule has 0 aliphatic carbocycles. The topological polar surface area (TPSA) is 74.3 Å². The number of anilines is 1. The highest BCUT2D eigenvalue weighted by molar-refractivity contribution is 5.89. The van der Waals surface area contributed by atoms with E-state index in [1.807, 2.05) is 54.3 Å². The summed E-state index contributed by atoms with van der Waals surface area (Å²) in [6.45, 7) is 3.75. The zero-order valence-corrected chi connectivity index (χ0v) is 14.3. The molecule has 1 fully saturated rings. The lowest BCUT2D eigenvalue weighted by Gasteiger charge is -2.15. The molecule has 6 nitrogen and oxygen atoms in total. The van der Waals surface area contributed by atoms with Crippen molar-refractivity contribution in [3.63, 3.8) is 0 Å². The molecule has 1 aliphatic heterocycles. The summed E-state index contributed by atoms with van der Waals surface area (Å²) in [6, 6.07) is 13.0. The van der Waals surface area contributed by atoms with Crippen molar-refractivity contribution >= 4 is 17.6 Å². The molecule has 0 bridgehead atoms. The van der Waals surface area contributed by atoms with Gasteiger partial charge in [-0.3, -0.25) is 9.78 Å². The second-order valence-corrected chi connectivity index (χ2v) is 6.19. The Morgan fingerprint density at radius 2 is 2.00 bits per heavy atom. The van der Waals surface area contributed by atoms with Gasteiger partial charge in [-0.1, -0.05) is 18.2 Å². The second kappa shape index (κ2) is 7.79. The normalized spacial score (nSPS) is 13.8. The van der Waals surface area contributed by atoms with E-state index >= 15 is 0 Å². The summed E-state index contributed by atoms with van der Waals surface area (Å²) in [5, 5.41) is 5.59. The summed E-state index contributed by atoms with van der Waals surface area (Å²) in [6.07, 6.45) is 1.59. The van der Waals surface area contributed by atoms with Crippen LogP contribution in [0.4, 0.5) is 10.5 Å². The maximum atomic E-state index is 12.0. The van der Waals surface area contributed by atoms with Crippen molar-refractivity contribution in [2.75, 3.05) is 11.9 Å². The summed E-state index contributed by atoms with van der Waals surface area (Å²) in [7, 11) is 0. The lowest BCUT2D eigenvalue weighted by Crippen LogP contribution is -2.28. The van der Waals surface area contributed by atoms with Gasteiger partial charge < -0.3 is 15.5 Å². The number of urea groups is 1. The zero-order chi connectivity index (χ0) is 17.6. The molecule has 0 radical (unpaired) electrons. The van der Waals surface area contributed by atoms with Gasteiger partial charge in [-0.25, -0.2) is 4.79 Å².